The average Bonchev–Trinajstić information content (AvgIpc) is 2.41. The van der Waals surface area contributed by atoms with Crippen LogP contribution in [-0.4, -0.2) is 22.5 Å². The Morgan fingerprint density at radius 3 is 1.32 bits per heavy atom. The molecule has 3 unspecified atom stereocenters. The summed E-state index contributed by atoms with van der Waals surface area (Å²) in [5, 5.41) is 19.6. The minimum atomic E-state index is -5.90. The fourth-order valence-corrected chi connectivity index (χ4v) is 2.41. The molecular formula is C15H14F10FeO2. The maximum atomic E-state index is 13.9. The standard InChI is InChI=1S/C15H14F10O2.Fe/c1-13(2,3)12(27)6(15(23,24)25)11(26)4-7(16)9(18)5(14(20,21)22)10(19)8(4)17;/h6,11-12,26-27H,1-3H3;. The van der Waals surface area contributed by atoms with Crippen molar-refractivity contribution in [3.05, 3.63) is 34.4 Å². The van der Waals surface area contributed by atoms with Gasteiger partial charge in [0.15, 0.2) is 23.3 Å². The summed E-state index contributed by atoms with van der Waals surface area (Å²) < 4.78 is 132. The molecule has 0 amide bonds. The maximum Gasteiger partial charge on any atom is 0.422 e. The minimum absolute atomic E-state index is 0. The SMILES string of the molecule is CC(C)(C)C(O)C(C(O)c1c(F)c(F)c(C(F)(F)F)c(F)c1F)C(F)(F)F.[Fe]. The summed E-state index contributed by atoms with van der Waals surface area (Å²) in [5.41, 5.74) is -6.92. The molecule has 0 aliphatic rings. The molecule has 28 heavy (non-hydrogen) atoms. The number of hydrogen-bond acceptors (Lipinski definition) is 2. The van der Waals surface area contributed by atoms with E-state index in [1.165, 1.54) is 0 Å². The van der Waals surface area contributed by atoms with E-state index in [0.29, 0.717) is 0 Å². The number of alkyl halides is 6. The van der Waals surface area contributed by atoms with E-state index in [4.69, 9.17) is 0 Å². The molecule has 0 saturated heterocycles. The van der Waals surface area contributed by atoms with Gasteiger partial charge in [-0.15, -0.1) is 0 Å². The molecule has 0 spiro atoms. The predicted molar refractivity (Wildman–Crippen MR) is 71.2 cm³/mol. The largest absolute Gasteiger partial charge is 0.422 e. The van der Waals surface area contributed by atoms with Gasteiger partial charge >= 0.3 is 12.4 Å². The number of benzene rings is 1. The van der Waals surface area contributed by atoms with Crippen molar-refractivity contribution in [2.45, 2.75) is 45.3 Å². The third-order valence-electron chi connectivity index (χ3n) is 3.82. The second-order valence-corrected chi connectivity index (χ2v) is 6.87. The molecule has 0 bridgehead atoms. The summed E-state index contributed by atoms with van der Waals surface area (Å²) in [6, 6.07) is 0. The van der Waals surface area contributed by atoms with Crippen molar-refractivity contribution >= 4 is 0 Å². The summed E-state index contributed by atoms with van der Waals surface area (Å²) in [4.78, 5) is 0. The number of hydrogen-bond donors (Lipinski definition) is 2. The zero-order chi connectivity index (χ0) is 21.7. The zero-order valence-electron chi connectivity index (χ0n) is 14.3. The summed E-state index contributed by atoms with van der Waals surface area (Å²) >= 11 is 0. The van der Waals surface area contributed by atoms with Crippen LogP contribution >= 0.6 is 0 Å². The monoisotopic (exact) mass is 472 g/mol. The van der Waals surface area contributed by atoms with E-state index in [2.05, 4.69) is 0 Å². The molecule has 13 heteroatoms. The Morgan fingerprint density at radius 1 is 0.714 bits per heavy atom. The molecule has 0 aliphatic heterocycles. The zero-order valence-corrected chi connectivity index (χ0v) is 15.4. The van der Waals surface area contributed by atoms with E-state index in [1.54, 1.807) is 0 Å². The Hall–Kier alpha value is -1.04. The van der Waals surface area contributed by atoms with E-state index in [-0.39, 0.29) is 17.1 Å². The molecule has 0 radical (unpaired) electrons. The number of rotatable bonds is 3. The predicted octanol–water partition coefficient (Wildman–Crippen LogP) is 4.88. The van der Waals surface area contributed by atoms with Crippen LogP contribution in [0.1, 0.15) is 38.0 Å². The van der Waals surface area contributed by atoms with Crippen LogP contribution in [0.5, 0.6) is 0 Å². The first-order chi connectivity index (χ1) is 11.8. The smallest absolute Gasteiger partial charge is 0.392 e. The molecule has 1 rings (SSSR count). The van der Waals surface area contributed by atoms with Gasteiger partial charge in [0.2, 0.25) is 0 Å². The average molecular weight is 472 g/mol. The van der Waals surface area contributed by atoms with Crippen molar-refractivity contribution in [2.75, 3.05) is 0 Å². The topological polar surface area (TPSA) is 40.5 Å². The van der Waals surface area contributed by atoms with Gasteiger partial charge in [-0.05, 0) is 5.41 Å². The third-order valence-corrected chi connectivity index (χ3v) is 3.82. The summed E-state index contributed by atoms with van der Waals surface area (Å²) in [7, 11) is 0. The first-order valence-corrected chi connectivity index (χ1v) is 7.19. The van der Waals surface area contributed by atoms with Crippen LogP contribution in [0.4, 0.5) is 43.9 Å². The van der Waals surface area contributed by atoms with Crippen molar-refractivity contribution in [1.82, 2.24) is 0 Å². The van der Waals surface area contributed by atoms with Gasteiger partial charge in [-0.2, -0.15) is 26.3 Å². The summed E-state index contributed by atoms with van der Waals surface area (Å²) in [5.74, 6) is -15.1. The van der Waals surface area contributed by atoms with Gasteiger partial charge < -0.3 is 10.2 Å². The fourth-order valence-electron chi connectivity index (χ4n) is 2.41. The Balaban J connectivity index is 0.00000729. The van der Waals surface area contributed by atoms with Gasteiger partial charge in [0.25, 0.3) is 0 Å². The molecule has 164 valence electrons. The van der Waals surface area contributed by atoms with Crippen LogP contribution in [0.3, 0.4) is 0 Å². The molecular weight excluding hydrogens is 458 g/mol. The van der Waals surface area contributed by atoms with Crippen molar-refractivity contribution in [2.24, 2.45) is 11.3 Å². The van der Waals surface area contributed by atoms with E-state index >= 15 is 0 Å². The molecule has 1 aromatic rings. The van der Waals surface area contributed by atoms with Gasteiger partial charge in [-0.1, -0.05) is 20.8 Å². The molecule has 3 atom stereocenters. The van der Waals surface area contributed by atoms with Gasteiger partial charge in [0.1, 0.15) is 11.5 Å². The molecule has 0 aromatic heterocycles. The van der Waals surface area contributed by atoms with Crippen LogP contribution in [0.15, 0.2) is 0 Å². The van der Waals surface area contributed by atoms with E-state index in [0.717, 1.165) is 20.8 Å². The fraction of sp³-hybridized carbons (Fsp3) is 0.600. The molecule has 1 aromatic carbocycles. The Bertz CT molecular complexity index is 680. The van der Waals surface area contributed by atoms with Crippen LogP contribution in [0, 0.1) is 34.6 Å². The Morgan fingerprint density at radius 2 is 1.07 bits per heavy atom. The van der Waals surface area contributed by atoms with Crippen molar-refractivity contribution < 1.29 is 71.2 Å². The first-order valence-electron chi connectivity index (χ1n) is 7.19. The van der Waals surface area contributed by atoms with Crippen LogP contribution in [0.25, 0.3) is 0 Å². The molecule has 0 aliphatic carbocycles. The molecule has 2 N–H and O–H groups in total. The Labute approximate surface area is 163 Å². The summed E-state index contributed by atoms with van der Waals surface area (Å²) in [6.07, 6.45) is -17.4. The molecule has 0 saturated carbocycles. The second-order valence-electron chi connectivity index (χ2n) is 6.87. The van der Waals surface area contributed by atoms with Crippen molar-refractivity contribution in [1.29, 1.82) is 0 Å². The normalized spacial score (nSPS) is 16.4. The van der Waals surface area contributed by atoms with Crippen LogP contribution in [-0.2, 0) is 23.2 Å². The molecule has 0 fully saturated rings. The van der Waals surface area contributed by atoms with E-state index in [9.17, 15) is 54.1 Å². The molecule has 2 nitrogen and oxygen atoms in total. The van der Waals surface area contributed by atoms with Gasteiger partial charge in [-0.25, -0.2) is 17.6 Å². The number of aliphatic hydroxyl groups excluding tert-OH is 2. The summed E-state index contributed by atoms with van der Waals surface area (Å²) in [6.45, 7) is 3.18. The quantitative estimate of drug-likeness (QED) is 0.375. The maximum absolute atomic E-state index is 13.9. The third kappa shape index (κ3) is 5.11. The van der Waals surface area contributed by atoms with Gasteiger partial charge in [-0.3, -0.25) is 0 Å². The van der Waals surface area contributed by atoms with Crippen LogP contribution < -0.4 is 0 Å². The van der Waals surface area contributed by atoms with Crippen molar-refractivity contribution in [3.8, 4) is 0 Å². The second kappa shape index (κ2) is 8.37. The van der Waals surface area contributed by atoms with Crippen molar-refractivity contribution in [3.63, 3.8) is 0 Å². The van der Waals surface area contributed by atoms with Gasteiger partial charge in [0.05, 0.1) is 17.8 Å². The van der Waals surface area contributed by atoms with Crippen LogP contribution in [0.2, 0.25) is 0 Å². The Kier molecular flexibility index (Phi) is 8.06. The molecule has 0 heterocycles. The minimum Gasteiger partial charge on any atom is -0.392 e. The number of halogens is 10. The van der Waals surface area contributed by atoms with Gasteiger partial charge in [0, 0.05) is 17.1 Å². The van der Waals surface area contributed by atoms with E-state index in [1.807, 2.05) is 0 Å². The van der Waals surface area contributed by atoms with E-state index < -0.39 is 70.3 Å². The number of aliphatic hydroxyl groups is 2. The first kappa shape index (κ1) is 27.0.